The second-order valence-electron chi connectivity index (χ2n) is 16.2. The van der Waals surface area contributed by atoms with Gasteiger partial charge in [0.05, 0.1) is 30.4 Å². The van der Waals surface area contributed by atoms with Crippen LogP contribution in [-0.4, -0.2) is 57.1 Å². The molecule has 3 fully saturated rings. The van der Waals surface area contributed by atoms with Crippen molar-refractivity contribution in [1.29, 1.82) is 0 Å². The molecule has 2 amide bonds. The fourth-order valence-electron chi connectivity index (χ4n) is 8.55. The first-order chi connectivity index (χ1) is 26.1. The van der Waals surface area contributed by atoms with Gasteiger partial charge in [-0.2, -0.15) is 0 Å². The second-order valence-corrected chi connectivity index (χ2v) is 16.2. The zero-order valence-electron chi connectivity index (χ0n) is 31.7. The molecule has 3 aliphatic rings. The first-order valence-corrected chi connectivity index (χ1v) is 19.6. The maximum Gasteiger partial charge on any atom is 0.253 e. The SMILES string of the molecule is CC(C)(C)NC(=O)[C@H]1CC[C@H]2CCCC[C@H]2N1C[C@@H]1C[C@H](c2ccc(CO)cc2)O[C@H](c2ccc(-c3ccccc3CNC(=O)c3cccnc3)cc2)O1. The van der Waals surface area contributed by atoms with Crippen molar-refractivity contribution in [1.82, 2.24) is 20.5 Å². The highest BCUT2D eigenvalue weighted by molar-refractivity contribution is 5.93. The van der Waals surface area contributed by atoms with Gasteiger partial charge >= 0.3 is 0 Å². The molecule has 2 saturated heterocycles. The molecule has 3 heterocycles. The van der Waals surface area contributed by atoms with Gasteiger partial charge in [0.25, 0.3) is 5.91 Å². The molecule has 7 rings (SSSR count). The third-order valence-electron chi connectivity index (χ3n) is 11.2. The summed E-state index contributed by atoms with van der Waals surface area (Å²) in [6.45, 7) is 7.17. The zero-order valence-corrected chi connectivity index (χ0v) is 31.7. The van der Waals surface area contributed by atoms with Crippen molar-refractivity contribution in [3.63, 3.8) is 0 Å². The maximum absolute atomic E-state index is 13.8. The number of nitrogens with zero attached hydrogens (tertiary/aromatic N) is 2. The van der Waals surface area contributed by atoms with Crippen molar-refractivity contribution in [2.45, 2.75) is 115 Å². The smallest absolute Gasteiger partial charge is 0.253 e. The lowest BCUT2D eigenvalue weighted by Gasteiger charge is -2.50. The van der Waals surface area contributed by atoms with Gasteiger partial charge in [-0.15, -0.1) is 0 Å². The van der Waals surface area contributed by atoms with E-state index in [1.54, 1.807) is 24.5 Å². The number of hydrogen-bond donors (Lipinski definition) is 3. The van der Waals surface area contributed by atoms with E-state index < -0.39 is 6.29 Å². The number of carbonyl (C=O) groups is 2. The predicted octanol–water partition coefficient (Wildman–Crippen LogP) is 7.65. The summed E-state index contributed by atoms with van der Waals surface area (Å²) >= 11 is 0. The first-order valence-electron chi connectivity index (χ1n) is 19.6. The van der Waals surface area contributed by atoms with Crippen molar-refractivity contribution in [3.05, 3.63) is 125 Å². The van der Waals surface area contributed by atoms with Crippen molar-refractivity contribution < 1.29 is 24.2 Å². The Labute approximate surface area is 319 Å². The number of pyridine rings is 1. The number of amides is 2. The van der Waals surface area contributed by atoms with Crippen LogP contribution in [0.3, 0.4) is 0 Å². The number of piperidine rings is 1. The molecule has 9 nitrogen and oxygen atoms in total. The summed E-state index contributed by atoms with van der Waals surface area (Å²) in [7, 11) is 0. The average Bonchev–Trinajstić information content (AvgIpc) is 3.20. The molecule has 3 N–H and O–H groups in total. The lowest BCUT2D eigenvalue weighted by molar-refractivity contribution is -0.255. The van der Waals surface area contributed by atoms with Gasteiger partial charge in [-0.25, -0.2) is 0 Å². The Morgan fingerprint density at radius 3 is 2.37 bits per heavy atom. The highest BCUT2D eigenvalue weighted by Gasteiger charge is 2.44. The summed E-state index contributed by atoms with van der Waals surface area (Å²) in [6.07, 6.45) is 9.61. The van der Waals surface area contributed by atoms with E-state index in [1.807, 2.05) is 63.2 Å². The highest BCUT2D eigenvalue weighted by atomic mass is 16.7. The second kappa shape index (κ2) is 16.9. The van der Waals surface area contributed by atoms with Crippen LogP contribution in [0.5, 0.6) is 0 Å². The van der Waals surface area contributed by atoms with Gasteiger partial charge < -0.3 is 25.2 Å². The summed E-state index contributed by atoms with van der Waals surface area (Å²) < 4.78 is 13.6. The largest absolute Gasteiger partial charge is 0.392 e. The molecule has 6 atom stereocenters. The third kappa shape index (κ3) is 9.09. The Hall–Kier alpha value is -4.41. The van der Waals surface area contributed by atoms with Gasteiger partial charge in [0.15, 0.2) is 6.29 Å². The monoisotopic (exact) mass is 730 g/mol. The van der Waals surface area contributed by atoms with Crippen LogP contribution in [0.2, 0.25) is 0 Å². The number of ether oxygens (including phenoxy) is 2. The van der Waals surface area contributed by atoms with E-state index in [2.05, 4.69) is 50.8 Å². The van der Waals surface area contributed by atoms with Crippen molar-refractivity contribution >= 4 is 11.8 Å². The van der Waals surface area contributed by atoms with Gasteiger partial charge in [-0.3, -0.25) is 19.5 Å². The number of aliphatic hydroxyl groups excluding tert-OH is 1. The molecule has 0 radical (unpaired) electrons. The Balaban J connectivity index is 1.13. The minimum absolute atomic E-state index is 0.0119. The molecule has 4 aromatic rings. The molecule has 284 valence electrons. The van der Waals surface area contributed by atoms with E-state index in [1.165, 1.54) is 19.3 Å². The summed E-state index contributed by atoms with van der Waals surface area (Å²) in [6, 6.07) is 28.1. The van der Waals surface area contributed by atoms with E-state index in [9.17, 15) is 14.7 Å². The lowest BCUT2D eigenvalue weighted by atomic mass is 9.75. The van der Waals surface area contributed by atoms with Crippen LogP contribution in [0.1, 0.15) is 111 Å². The van der Waals surface area contributed by atoms with Gasteiger partial charge in [-0.1, -0.05) is 85.6 Å². The molecule has 0 unspecified atom stereocenters. The Morgan fingerprint density at radius 2 is 1.63 bits per heavy atom. The number of aromatic nitrogens is 1. The van der Waals surface area contributed by atoms with Gasteiger partial charge in [-0.05, 0) is 92.3 Å². The summed E-state index contributed by atoms with van der Waals surface area (Å²) in [4.78, 5) is 33.1. The fraction of sp³-hybridized carbons (Fsp3) is 0.444. The molecule has 1 aromatic heterocycles. The highest BCUT2D eigenvalue weighted by Crippen LogP contribution is 2.42. The first kappa shape index (κ1) is 37.9. The molecular formula is C45H54N4O5. The molecule has 3 aromatic carbocycles. The Bertz CT molecular complexity index is 1860. The molecule has 1 saturated carbocycles. The number of nitrogens with one attached hydrogen (secondary N) is 2. The summed E-state index contributed by atoms with van der Waals surface area (Å²) in [5.41, 5.74) is 6.10. The van der Waals surface area contributed by atoms with Crippen LogP contribution in [0, 0.1) is 5.92 Å². The van der Waals surface area contributed by atoms with Crippen LogP contribution in [0.15, 0.2) is 97.3 Å². The van der Waals surface area contributed by atoms with Crippen LogP contribution in [0.25, 0.3) is 11.1 Å². The molecule has 0 bridgehead atoms. The van der Waals surface area contributed by atoms with E-state index in [-0.39, 0.29) is 42.2 Å². The molecule has 2 aliphatic heterocycles. The summed E-state index contributed by atoms with van der Waals surface area (Å²) in [5.74, 6) is 0.549. The topological polar surface area (TPSA) is 113 Å². The Kier molecular flexibility index (Phi) is 11.9. The number of likely N-dealkylation sites (tertiary alicyclic amines) is 1. The number of rotatable bonds is 10. The molecular weight excluding hydrogens is 677 g/mol. The van der Waals surface area contributed by atoms with Crippen LogP contribution >= 0.6 is 0 Å². The van der Waals surface area contributed by atoms with E-state index in [0.717, 1.165) is 52.6 Å². The minimum atomic E-state index is -0.608. The van der Waals surface area contributed by atoms with Crippen LogP contribution in [-0.2, 0) is 27.4 Å². The van der Waals surface area contributed by atoms with Gasteiger partial charge in [0.1, 0.15) is 0 Å². The van der Waals surface area contributed by atoms with E-state index in [0.29, 0.717) is 37.0 Å². The fourth-order valence-corrected chi connectivity index (χ4v) is 8.55. The zero-order chi connectivity index (χ0) is 37.7. The van der Waals surface area contributed by atoms with E-state index >= 15 is 0 Å². The number of aliphatic hydroxyl groups is 1. The van der Waals surface area contributed by atoms with Crippen molar-refractivity contribution in [2.75, 3.05) is 6.54 Å². The predicted molar refractivity (Wildman–Crippen MR) is 209 cm³/mol. The Morgan fingerprint density at radius 1 is 0.870 bits per heavy atom. The number of carbonyl (C=O) groups excluding carboxylic acids is 2. The standard InChI is InChI=1S/C45H54N4O5/c1-45(2,3)48-43(52)40-23-22-32-9-5-7-13-39(32)49(40)28-37-25-41(33-16-14-30(29-50)15-17-33)54-44(53-37)34-20-18-31(19-21-34)38-12-6-4-10-35(38)27-47-42(51)36-11-8-24-46-26-36/h4,6,8,10-12,14-21,24,26,32,37,39-41,44,50H,5,7,9,13,22-23,25,27-29H2,1-3H3,(H,47,51)(H,48,52)/t32-,37+,39-,40-,41-,44-/m1/s1. The molecule has 54 heavy (non-hydrogen) atoms. The molecule has 0 spiro atoms. The van der Waals surface area contributed by atoms with Crippen LogP contribution < -0.4 is 10.6 Å². The molecule has 1 aliphatic carbocycles. The number of fused-ring (bicyclic) bond motifs is 1. The van der Waals surface area contributed by atoms with Gasteiger partial charge in [0.2, 0.25) is 5.91 Å². The quantitative estimate of drug-likeness (QED) is 0.154. The lowest BCUT2D eigenvalue weighted by Crippen LogP contribution is -2.61. The van der Waals surface area contributed by atoms with Crippen molar-refractivity contribution in [2.24, 2.45) is 5.92 Å². The number of benzene rings is 3. The molecule has 9 heteroatoms. The van der Waals surface area contributed by atoms with Crippen molar-refractivity contribution in [3.8, 4) is 11.1 Å². The van der Waals surface area contributed by atoms with E-state index in [4.69, 9.17) is 9.47 Å². The maximum atomic E-state index is 13.8. The van der Waals surface area contributed by atoms with Gasteiger partial charge in [0, 0.05) is 49.0 Å². The summed E-state index contributed by atoms with van der Waals surface area (Å²) in [5, 5.41) is 16.0. The van der Waals surface area contributed by atoms with Crippen LogP contribution in [0.4, 0.5) is 0 Å². The third-order valence-corrected chi connectivity index (χ3v) is 11.2. The number of hydrogen-bond acceptors (Lipinski definition) is 7. The normalized spacial score (nSPS) is 24.7. The average molecular weight is 731 g/mol. The minimum Gasteiger partial charge on any atom is -0.392 e.